The number of hydrogen-bond donors (Lipinski definition) is 5. The van der Waals surface area contributed by atoms with E-state index in [1.54, 1.807) is 0 Å². The van der Waals surface area contributed by atoms with E-state index in [0.29, 0.717) is 5.56 Å². The van der Waals surface area contributed by atoms with Gasteiger partial charge < -0.3 is 34.2 Å². The van der Waals surface area contributed by atoms with E-state index >= 15 is 0 Å². The van der Waals surface area contributed by atoms with Crippen LogP contribution < -0.4 is 45.7 Å². The second kappa shape index (κ2) is 10.2. The number of hydrogen-bond acceptors (Lipinski definition) is 10. The Morgan fingerprint density at radius 1 is 1.25 bits per heavy atom. The van der Waals surface area contributed by atoms with Crippen LogP contribution >= 0.6 is 7.82 Å². The fourth-order valence-corrected chi connectivity index (χ4v) is 3.29. The van der Waals surface area contributed by atoms with Crippen LogP contribution in [0.15, 0.2) is 21.7 Å². The molecule has 1 aromatic rings. The molecule has 2 aliphatic rings. The zero-order valence-electron chi connectivity index (χ0n) is 19.9. The molecule has 0 saturated heterocycles. The van der Waals surface area contributed by atoms with Crippen molar-refractivity contribution in [2.75, 3.05) is 6.61 Å². The number of aryl methyl sites for hydroxylation is 2. The largest absolute Gasteiger partial charge is 1.00 e. The van der Waals surface area contributed by atoms with Gasteiger partial charge >= 0.3 is 35.2 Å². The first-order chi connectivity index (χ1) is 15.6. The molecule has 0 spiro atoms. The quantitative estimate of drug-likeness (QED) is 0.122. The van der Waals surface area contributed by atoms with Crippen LogP contribution in [0.25, 0.3) is 22.6 Å². The number of H-pyrrole nitrogens is 1. The van der Waals surface area contributed by atoms with Crippen molar-refractivity contribution >= 4 is 18.9 Å². The number of aromatic amines is 1. The summed E-state index contributed by atoms with van der Waals surface area (Å²) in [7, 11) is -5.21. The van der Waals surface area contributed by atoms with Gasteiger partial charge in [-0.05, 0) is 37.0 Å². The van der Waals surface area contributed by atoms with E-state index in [1.807, 2.05) is 4.98 Å². The molecule has 0 radical (unpaired) electrons. The Morgan fingerprint density at radius 3 is 2.56 bits per heavy atom. The fourth-order valence-electron chi connectivity index (χ4n) is 2.95. The second-order valence-electron chi connectivity index (χ2n) is 6.81. The normalized spacial score (nSPS) is 18.1. The molecule has 0 aromatic heterocycles. The minimum Gasteiger partial charge on any atom is -0.756 e. The van der Waals surface area contributed by atoms with Gasteiger partial charge in [-0.25, -0.2) is 9.78 Å². The summed E-state index contributed by atoms with van der Waals surface area (Å²) in [5, 5.41) is 30.6. The Kier molecular flexibility index (Phi) is 7.09. The van der Waals surface area contributed by atoms with Crippen LogP contribution in [0.5, 0.6) is 0 Å². The summed E-state index contributed by atoms with van der Waals surface area (Å²) in [5.74, 6) is -0.335. The number of aliphatic hydroxyl groups is 3. The first-order valence-corrected chi connectivity index (χ1v) is 10.3. The Labute approximate surface area is 206 Å². The molecular formula is C17H20N4NaO9P. The number of benzene rings is 1. The molecule has 3 rings (SSSR count). The molecule has 32 heavy (non-hydrogen) atoms. The third-order valence-corrected chi connectivity index (χ3v) is 5.00. The minimum absolute atomic E-state index is 0. The van der Waals surface area contributed by atoms with Gasteiger partial charge in [0.05, 0.1) is 24.2 Å². The summed E-state index contributed by atoms with van der Waals surface area (Å²) >= 11 is 0. The van der Waals surface area contributed by atoms with E-state index in [-0.39, 0.29) is 57.7 Å². The summed E-state index contributed by atoms with van der Waals surface area (Å²) in [6, 6.07) is 2.60. The predicted octanol–water partition coefficient (Wildman–Crippen LogP) is -5.23. The van der Waals surface area contributed by atoms with Crippen LogP contribution in [0.1, 0.15) is 15.2 Å². The number of phosphoric ester groups is 1. The number of phosphoric acid groups is 1. The van der Waals surface area contributed by atoms with Crippen molar-refractivity contribution in [2.45, 2.75) is 38.6 Å². The van der Waals surface area contributed by atoms with E-state index in [0.717, 1.165) is 4.57 Å². The van der Waals surface area contributed by atoms with Crippen molar-refractivity contribution < 1.29 is 67.9 Å². The maximum Gasteiger partial charge on any atom is 1.00 e. The average molecular weight is 481 g/mol. The van der Waals surface area contributed by atoms with Crippen LogP contribution in [0.2, 0.25) is 0 Å². The summed E-state index contributed by atoms with van der Waals surface area (Å²) < 4.78 is 39.0. The van der Waals surface area contributed by atoms with Gasteiger partial charge in [-0.1, -0.05) is 0 Å². The molecule has 4 atom stereocenters. The van der Waals surface area contributed by atoms with Crippen molar-refractivity contribution in [3.8, 4) is 11.5 Å². The molecule has 0 saturated carbocycles. The first kappa shape index (κ1) is 22.3. The maximum atomic E-state index is 12.3. The van der Waals surface area contributed by atoms with Gasteiger partial charge in [-0.2, -0.15) is 4.98 Å². The molecule has 0 bridgehead atoms. The summed E-state index contributed by atoms with van der Waals surface area (Å²) in [4.78, 5) is 53.2. The summed E-state index contributed by atoms with van der Waals surface area (Å²) in [5.41, 5.74) is -1.87. The smallest absolute Gasteiger partial charge is 0.756 e. The number of aromatic nitrogens is 4. The molecule has 2 aliphatic heterocycles. The number of nitrogens with one attached hydrogen (secondary N) is 1. The molecule has 0 amide bonds. The van der Waals surface area contributed by atoms with Gasteiger partial charge in [0.2, 0.25) is 0 Å². The Bertz CT molecular complexity index is 1360. The van der Waals surface area contributed by atoms with Gasteiger partial charge in [0.25, 0.3) is 13.4 Å². The van der Waals surface area contributed by atoms with Crippen molar-refractivity contribution in [3.63, 3.8) is 0 Å². The van der Waals surface area contributed by atoms with Crippen LogP contribution in [0.4, 0.5) is 0 Å². The van der Waals surface area contributed by atoms with Gasteiger partial charge in [-0.3, -0.25) is 14.3 Å². The summed E-state index contributed by atoms with van der Waals surface area (Å²) in [6.45, 7) is -2.74. The average Bonchev–Trinajstić information content (AvgIpc) is 2.70. The Hall–Kier alpha value is -1.51. The van der Waals surface area contributed by atoms with Gasteiger partial charge in [0, 0.05) is 4.11 Å². The monoisotopic (exact) mass is 481 g/mol. The van der Waals surface area contributed by atoms with E-state index in [4.69, 9.17) is 9.01 Å². The topological polar surface area (TPSA) is 211 Å². The van der Waals surface area contributed by atoms with Crippen LogP contribution in [-0.4, -0.2) is 64.7 Å². The fraction of sp³-hybridized carbons (Fsp3) is 0.412. The standard InChI is InChI=1S/C17H21N4O9P.Na/c1-7-3-9-10(4-8(7)2)21(15-13(18-9)16(25)20-17(26)19-15)5-11(22)14(24)12(23)6-30-31(27,28)29;/h3-4,11-12,14,22-24H,5-6H2,1-2H3,(H,20,25,26)(H2,27,28,29);/q;+1/p-1/t11-,12+,14-;/m0./s1/i2D3;. The molecule has 0 fully saturated rings. The molecule has 13 nitrogen and oxygen atoms in total. The number of fused-ring (bicyclic) bond motifs is 2. The second-order valence-corrected chi connectivity index (χ2v) is 8.01. The van der Waals surface area contributed by atoms with E-state index in [2.05, 4.69) is 14.5 Å². The SMILES string of the molecule is [2H]C([2H])([2H])c1cc2c(cc1C)nc1c(=O)[nH]c(=O)nc-1n2C[C@H](O)[C@H](O)[C@H](O)COP(=O)([O-])O.[Na+]. The van der Waals surface area contributed by atoms with Crippen molar-refractivity contribution in [3.05, 3.63) is 44.1 Å². The molecule has 2 heterocycles. The minimum atomic E-state index is -5.21. The van der Waals surface area contributed by atoms with E-state index in [1.165, 1.54) is 19.1 Å². The zero-order valence-corrected chi connectivity index (χ0v) is 19.8. The Morgan fingerprint density at radius 2 is 1.94 bits per heavy atom. The zero-order chi connectivity index (χ0) is 25.6. The van der Waals surface area contributed by atoms with Gasteiger partial charge in [0.15, 0.2) is 11.5 Å². The third-order valence-electron chi connectivity index (χ3n) is 4.52. The van der Waals surface area contributed by atoms with Crippen LogP contribution in [0.3, 0.4) is 0 Å². The molecule has 5 N–H and O–H groups in total. The number of aliphatic hydroxyl groups excluding tert-OH is 3. The molecule has 15 heteroatoms. The maximum absolute atomic E-state index is 12.3. The third kappa shape index (κ3) is 5.88. The molecular weight excluding hydrogens is 458 g/mol. The van der Waals surface area contributed by atoms with Crippen molar-refractivity contribution in [1.29, 1.82) is 0 Å². The molecule has 0 aliphatic carbocycles. The van der Waals surface area contributed by atoms with Crippen molar-refractivity contribution in [1.82, 2.24) is 19.5 Å². The van der Waals surface area contributed by atoms with Gasteiger partial charge in [-0.15, -0.1) is 0 Å². The molecule has 1 aromatic carbocycles. The van der Waals surface area contributed by atoms with E-state index < -0.39 is 57.4 Å². The predicted molar refractivity (Wildman–Crippen MR) is 104 cm³/mol. The number of rotatable bonds is 7. The van der Waals surface area contributed by atoms with E-state index in [9.17, 15) is 34.4 Å². The first-order valence-electron chi connectivity index (χ1n) is 10.3. The van der Waals surface area contributed by atoms with Crippen LogP contribution in [0, 0.1) is 13.8 Å². The Balaban J connectivity index is 0.00000432. The number of nitrogens with zero attached hydrogens (tertiary/aromatic N) is 3. The molecule has 1 unspecified atom stereocenters. The molecule has 168 valence electrons. The van der Waals surface area contributed by atoms with Gasteiger partial charge in [0.1, 0.15) is 18.3 Å². The summed E-state index contributed by atoms with van der Waals surface area (Å²) in [6.07, 6.45) is -5.87. The van der Waals surface area contributed by atoms with Crippen LogP contribution in [-0.2, 0) is 15.6 Å². The van der Waals surface area contributed by atoms with Crippen molar-refractivity contribution in [2.24, 2.45) is 0 Å².